The molecule has 0 bridgehead atoms. The molecule has 0 aliphatic rings. The zero-order valence-electron chi connectivity index (χ0n) is 8.41. The zero-order chi connectivity index (χ0) is 10.6. The third-order valence-electron chi connectivity index (χ3n) is 1.81. The van der Waals surface area contributed by atoms with E-state index in [4.69, 9.17) is 5.26 Å². The Balaban J connectivity index is 2.93. The molecule has 0 spiro atoms. The summed E-state index contributed by atoms with van der Waals surface area (Å²) in [5, 5.41) is 11.9. The number of hydrogen-bond donors (Lipinski definition) is 1. The van der Waals surface area contributed by atoms with E-state index in [1.165, 1.54) is 0 Å². The quantitative estimate of drug-likeness (QED) is 0.738. The molecule has 1 heterocycles. The number of aryl methyl sites for hydroxylation is 1. The van der Waals surface area contributed by atoms with Crippen molar-refractivity contribution in [2.24, 2.45) is 0 Å². The second-order valence-electron chi connectivity index (χ2n) is 3.16. The topological polar surface area (TPSA) is 48.7 Å². The van der Waals surface area contributed by atoms with E-state index in [9.17, 15) is 0 Å². The molecule has 1 atom stereocenters. The Bertz CT molecular complexity index is 377. The van der Waals surface area contributed by atoms with Crippen molar-refractivity contribution in [3.63, 3.8) is 0 Å². The normalized spacial score (nSPS) is 11.5. The molecule has 0 aliphatic carbocycles. The van der Waals surface area contributed by atoms with Gasteiger partial charge in [-0.15, -0.1) is 6.58 Å². The van der Waals surface area contributed by atoms with Gasteiger partial charge in [-0.3, -0.25) is 0 Å². The number of aromatic nitrogens is 1. The van der Waals surface area contributed by atoms with Gasteiger partial charge in [0.05, 0.1) is 11.6 Å². The summed E-state index contributed by atoms with van der Waals surface area (Å²) in [5.41, 5.74) is 1.46. The molecule has 0 aromatic carbocycles. The predicted molar refractivity (Wildman–Crippen MR) is 57.0 cm³/mol. The minimum Gasteiger partial charge on any atom is -0.364 e. The van der Waals surface area contributed by atoms with E-state index in [2.05, 4.69) is 22.9 Å². The number of nitriles is 1. The molecule has 1 aromatic heterocycles. The number of pyridine rings is 1. The standard InChI is InChI=1S/C11H13N3/c1-4-8(2)13-11-6-10(7-12)5-9(3)14-11/h4-6,8H,1H2,2-3H3,(H,13,14). The summed E-state index contributed by atoms with van der Waals surface area (Å²) in [6.07, 6.45) is 1.79. The van der Waals surface area contributed by atoms with Crippen molar-refractivity contribution in [3.8, 4) is 6.07 Å². The number of rotatable bonds is 3. The fraction of sp³-hybridized carbons (Fsp3) is 0.273. The molecule has 0 amide bonds. The zero-order valence-corrected chi connectivity index (χ0v) is 8.41. The lowest BCUT2D eigenvalue weighted by molar-refractivity contribution is 0.977. The second-order valence-corrected chi connectivity index (χ2v) is 3.16. The highest BCUT2D eigenvalue weighted by Gasteiger charge is 2.01. The van der Waals surface area contributed by atoms with Crippen LogP contribution in [0.15, 0.2) is 24.8 Å². The Kier molecular flexibility index (Phi) is 3.24. The van der Waals surface area contributed by atoms with Crippen LogP contribution in [0.4, 0.5) is 5.82 Å². The molecular formula is C11H13N3. The van der Waals surface area contributed by atoms with E-state index in [1.807, 2.05) is 13.8 Å². The van der Waals surface area contributed by atoms with Crippen molar-refractivity contribution < 1.29 is 0 Å². The molecule has 1 aromatic rings. The highest BCUT2D eigenvalue weighted by Crippen LogP contribution is 2.10. The number of hydrogen-bond acceptors (Lipinski definition) is 3. The Morgan fingerprint density at radius 1 is 1.64 bits per heavy atom. The molecule has 14 heavy (non-hydrogen) atoms. The maximum absolute atomic E-state index is 8.75. The first-order valence-corrected chi connectivity index (χ1v) is 4.43. The van der Waals surface area contributed by atoms with Gasteiger partial charge in [0.25, 0.3) is 0 Å². The molecule has 0 saturated carbocycles. The molecule has 0 fully saturated rings. The van der Waals surface area contributed by atoms with Crippen molar-refractivity contribution >= 4 is 5.82 Å². The van der Waals surface area contributed by atoms with E-state index in [0.29, 0.717) is 11.4 Å². The van der Waals surface area contributed by atoms with Gasteiger partial charge in [0.2, 0.25) is 0 Å². The van der Waals surface area contributed by atoms with E-state index >= 15 is 0 Å². The molecule has 1 rings (SSSR count). The number of nitrogens with one attached hydrogen (secondary N) is 1. The maximum atomic E-state index is 8.75. The summed E-state index contributed by atoms with van der Waals surface area (Å²) >= 11 is 0. The van der Waals surface area contributed by atoms with Crippen LogP contribution in [0, 0.1) is 18.3 Å². The van der Waals surface area contributed by atoms with Crippen molar-refractivity contribution in [1.29, 1.82) is 5.26 Å². The van der Waals surface area contributed by atoms with Gasteiger partial charge in [-0.25, -0.2) is 4.98 Å². The molecule has 0 saturated heterocycles. The molecule has 0 aliphatic heterocycles. The van der Waals surface area contributed by atoms with Gasteiger partial charge in [-0.2, -0.15) is 5.26 Å². The lowest BCUT2D eigenvalue weighted by Crippen LogP contribution is -2.12. The van der Waals surface area contributed by atoms with Gasteiger partial charge >= 0.3 is 0 Å². The lowest BCUT2D eigenvalue weighted by atomic mass is 10.2. The van der Waals surface area contributed by atoms with Gasteiger partial charge < -0.3 is 5.32 Å². The van der Waals surface area contributed by atoms with E-state index in [0.717, 1.165) is 5.69 Å². The van der Waals surface area contributed by atoms with E-state index < -0.39 is 0 Å². The lowest BCUT2D eigenvalue weighted by Gasteiger charge is -2.10. The first-order valence-electron chi connectivity index (χ1n) is 4.43. The molecule has 1 unspecified atom stereocenters. The third-order valence-corrected chi connectivity index (χ3v) is 1.81. The predicted octanol–water partition coefficient (Wildman–Crippen LogP) is 2.25. The summed E-state index contributed by atoms with van der Waals surface area (Å²) < 4.78 is 0. The average Bonchev–Trinajstić information content (AvgIpc) is 2.16. The van der Waals surface area contributed by atoms with Crippen LogP contribution < -0.4 is 5.32 Å². The van der Waals surface area contributed by atoms with Crippen LogP contribution >= 0.6 is 0 Å². The first kappa shape index (κ1) is 10.3. The maximum Gasteiger partial charge on any atom is 0.127 e. The Hall–Kier alpha value is -1.82. The number of nitrogens with zero attached hydrogens (tertiary/aromatic N) is 2. The van der Waals surface area contributed by atoms with Crippen LogP contribution in [0.1, 0.15) is 18.2 Å². The molecule has 3 nitrogen and oxygen atoms in total. The van der Waals surface area contributed by atoms with Gasteiger partial charge in [-0.05, 0) is 26.0 Å². The Morgan fingerprint density at radius 2 is 2.36 bits per heavy atom. The summed E-state index contributed by atoms with van der Waals surface area (Å²) in [7, 11) is 0. The third kappa shape index (κ3) is 2.60. The highest BCUT2D eigenvalue weighted by molar-refractivity contribution is 5.45. The fourth-order valence-electron chi connectivity index (χ4n) is 1.10. The van der Waals surface area contributed by atoms with Crippen molar-refractivity contribution in [1.82, 2.24) is 4.98 Å². The summed E-state index contributed by atoms with van der Waals surface area (Å²) in [4.78, 5) is 4.26. The SMILES string of the molecule is C=CC(C)Nc1cc(C#N)cc(C)n1. The van der Waals surface area contributed by atoms with Crippen molar-refractivity contribution in [2.45, 2.75) is 19.9 Å². The summed E-state index contributed by atoms with van der Waals surface area (Å²) in [6.45, 7) is 7.51. The van der Waals surface area contributed by atoms with Crippen LogP contribution in [0.25, 0.3) is 0 Å². The summed E-state index contributed by atoms with van der Waals surface area (Å²) in [5.74, 6) is 0.717. The fourth-order valence-corrected chi connectivity index (χ4v) is 1.10. The van der Waals surface area contributed by atoms with Crippen LogP contribution in [0.5, 0.6) is 0 Å². The Labute approximate surface area is 84.1 Å². The first-order chi connectivity index (χ1) is 6.65. The Morgan fingerprint density at radius 3 is 2.93 bits per heavy atom. The van der Waals surface area contributed by atoms with Crippen molar-refractivity contribution in [2.75, 3.05) is 5.32 Å². The van der Waals surface area contributed by atoms with Crippen LogP contribution in [0.2, 0.25) is 0 Å². The highest BCUT2D eigenvalue weighted by atomic mass is 15.0. The smallest absolute Gasteiger partial charge is 0.127 e. The largest absolute Gasteiger partial charge is 0.364 e. The molecule has 72 valence electrons. The van der Waals surface area contributed by atoms with Crippen LogP contribution in [0.3, 0.4) is 0 Å². The van der Waals surface area contributed by atoms with Gasteiger partial charge in [0, 0.05) is 11.7 Å². The minimum absolute atomic E-state index is 0.149. The van der Waals surface area contributed by atoms with E-state index in [-0.39, 0.29) is 6.04 Å². The minimum atomic E-state index is 0.149. The summed E-state index contributed by atoms with van der Waals surface area (Å²) in [6, 6.07) is 5.73. The monoisotopic (exact) mass is 187 g/mol. The molecule has 3 heteroatoms. The van der Waals surface area contributed by atoms with Crippen LogP contribution in [-0.4, -0.2) is 11.0 Å². The molecular weight excluding hydrogens is 174 g/mol. The van der Waals surface area contributed by atoms with Gasteiger partial charge in [-0.1, -0.05) is 6.08 Å². The van der Waals surface area contributed by atoms with Gasteiger partial charge in [0.15, 0.2) is 0 Å². The average molecular weight is 187 g/mol. The molecule has 0 radical (unpaired) electrons. The number of anilines is 1. The molecule has 1 N–H and O–H groups in total. The van der Waals surface area contributed by atoms with Crippen molar-refractivity contribution in [3.05, 3.63) is 36.0 Å². The van der Waals surface area contributed by atoms with Gasteiger partial charge in [0.1, 0.15) is 5.82 Å². The second kappa shape index (κ2) is 4.43. The van der Waals surface area contributed by atoms with Crippen LogP contribution in [-0.2, 0) is 0 Å². The van der Waals surface area contributed by atoms with E-state index in [1.54, 1.807) is 18.2 Å².